The minimum absolute atomic E-state index is 0.447. The molecule has 0 aliphatic rings. The van der Waals surface area contributed by atoms with Crippen molar-refractivity contribution in [1.82, 2.24) is 20.7 Å². The topological polar surface area (TPSA) is 62.2 Å². The molecule has 0 bridgehead atoms. The van der Waals surface area contributed by atoms with Crippen molar-refractivity contribution in [2.24, 2.45) is 5.10 Å². The van der Waals surface area contributed by atoms with Crippen molar-refractivity contribution in [2.45, 2.75) is 6.92 Å². The van der Waals surface area contributed by atoms with E-state index in [1.807, 2.05) is 6.92 Å². The van der Waals surface area contributed by atoms with Crippen molar-refractivity contribution in [3.8, 4) is 0 Å². The molecule has 84 valence electrons. The zero-order chi connectivity index (χ0) is 11.8. The lowest BCUT2D eigenvalue weighted by Gasteiger charge is -2.04. The van der Waals surface area contributed by atoms with E-state index in [0.29, 0.717) is 17.4 Å². The second kappa shape index (κ2) is 6.62. The molecule has 0 aliphatic carbocycles. The van der Waals surface area contributed by atoms with Gasteiger partial charge in [0, 0.05) is 18.9 Å². The number of thiocarbonyl (C=S) groups is 1. The molecular weight excluding hydrogens is 222 g/mol. The van der Waals surface area contributed by atoms with Crippen LogP contribution in [0.25, 0.3) is 0 Å². The molecule has 16 heavy (non-hydrogen) atoms. The maximum atomic E-state index is 4.97. The summed E-state index contributed by atoms with van der Waals surface area (Å²) in [5, 5.41) is 7.42. The Morgan fingerprint density at radius 2 is 2.44 bits per heavy atom. The minimum Gasteiger partial charge on any atom is -0.358 e. The van der Waals surface area contributed by atoms with Gasteiger partial charge in [-0.2, -0.15) is 5.10 Å². The maximum Gasteiger partial charge on any atom is 0.187 e. The fraction of sp³-hybridized carbons (Fsp3) is 0.200. The summed E-state index contributed by atoms with van der Waals surface area (Å²) < 4.78 is 0. The molecule has 0 unspecified atom stereocenters. The van der Waals surface area contributed by atoms with E-state index in [2.05, 4.69) is 32.4 Å². The highest BCUT2D eigenvalue weighted by Gasteiger charge is 1.98. The lowest BCUT2D eigenvalue weighted by Crippen LogP contribution is -2.32. The zero-order valence-corrected chi connectivity index (χ0v) is 9.79. The Labute approximate surface area is 99.7 Å². The summed E-state index contributed by atoms with van der Waals surface area (Å²) in [5.41, 5.74) is 4.14. The standard InChI is InChI=1S/C10H13N5S/c1-3-4-13-10(16)15-14-8(2)9-7-11-5-6-12-9/h3,5-7H,1,4H2,2H3,(H2,13,15,16)/b14-8+. The van der Waals surface area contributed by atoms with Gasteiger partial charge in [0.15, 0.2) is 5.11 Å². The Kier molecular flexibility index (Phi) is 5.07. The van der Waals surface area contributed by atoms with Gasteiger partial charge >= 0.3 is 0 Å². The van der Waals surface area contributed by atoms with Gasteiger partial charge in [-0.05, 0) is 19.1 Å². The third-order valence-corrected chi connectivity index (χ3v) is 1.90. The quantitative estimate of drug-likeness (QED) is 0.351. The molecule has 1 heterocycles. The van der Waals surface area contributed by atoms with Crippen LogP contribution in [0.4, 0.5) is 0 Å². The molecular formula is C10H13N5S. The highest BCUT2D eigenvalue weighted by molar-refractivity contribution is 7.80. The number of nitrogens with one attached hydrogen (secondary N) is 2. The normalized spacial score (nSPS) is 10.7. The van der Waals surface area contributed by atoms with Crippen molar-refractivity contribution < 1.29 is 0 Å². The van der Waals surface area contributed by atoms with E-state index in [1.54, 1.807) is 24.7 Å². The largest absolute Gasteiger partial charge is 0.358 e. The molecule has 0 spiro atoms. The first-order valence-electron chi connectivity index (χ1n) is 4.69. The fourth-order valence-electron chi connectivity index (χ4n) is 0.882. The molecule has 2 N–H and O–H groups in total. The van der Waals surface area contributed by atoms with Gasteiger partial charge in [0.2, 0.25) is 0 Å². The first kappa shape index (κ1) is 12.3. The minimum atomic E-state index is 0.447. The van der Waals surface area contributed by atoms with E-state index < -0.39 is 0 Å². The molecule has 0 atom stereocenters. The summed E-state index contributed by atoms with van der Waals surface area (Å²) in [6.45, 7) is 6.00. The molecule has 0 aromatic carbocycles. The van der Waals surface area contributed by atoms with Gasteiger partial charge in [-0.1, -0.05) is 6.08 Å². The Morgan fingerprint density at radius 1 is 1.62 bits per heavy atom. The Morgan fingerprint density at radius 3 is 3.06 bits per heavy atom. The lowest BCUT2D eigenvalue weighted by atomic mass is 10.3. The second-order valence-electron chi connectivity index (χ2n) is 2.90. The summed E-state index contributed by atoms with van der Waals surface area (Å²) in [5.74, 6) is 0. The van der Waals surface area contributed by atoms with Gasteiger partial charge in [-0.25, -0.2) is 0 Å². The molecule has 5 nitrogen and oxygen atoms in total. The van der Waals surface area contributed by atoms with Gasteiger partial charge in [0.25, 0.3) is 0 Å². The molecule has 0 saturated heterocycles. The van der Waals surface area contributed by atoms with Crippen molar-refractivity contribution in [1.29, 1.82) is 0 Å². The van der Waals surface area contributed by atoms with Crippen LogP contribution in [-0.4, -0.2) is 27.3 Å². The van der Waals surface area contributed by atoms with Crippen LogP contribution in [0.2, 0.25) is 0 Å². The van der Waals surface area contributed by atoms with Crippen LogP contribution >= 0.6 is 12.2 Å². The van der Waals surface area contributed by atoms with E-state index in [-0.39, 0.29) is 0 Å². The molecule has 1 rings (SSSR count). The first-order valence-corrected chi connectivity index (χ1v) is 5.10. The van der Waals surface area contributed by atoms with Crippen molar-refractivity contribution >= 4 is 23.0 Å². The van der Waals surface area contributed by atoms with Gasteiger partial charge in [0.05, 0.1) is 11.9 Å². The molecule has 6 heteroatoms. The second-order valence-corrected chi connectivity index (χ2v) is 3.31. The molecule has 0 radical (unpaired) electrons. The third-order valence-electron chi connectivity index (χ3n) is 1.67. The van der Waals surface area contributed by atoms with E-state index in [9.17, 15) is 0 Å². The molecule has 0 saturated carbocycles. The summed E-state index contributed by atoms with van der Waals surface area (Å²) in [7, 11) is 0. The van der Waals surface area contributed by atoms with E-state index >= 15 is 0 Å². The van der Waals surface area contributed by atoms with Gasteiger partial charge in [0.1, 0.15) is 5.69 Å². The Bertz CT molecular complexity index is 387. The van der Waals surface area contributed by atoms with Crippen LogP contribution in [-0.2, 0) is 0 Å². The summed E-state index contributed by atoms with van der Waals surface area (Å²) >= 11 is 4.97. The Balaban J connectivity index is 2.51. The van der Waals surface area contributed by atoms with Crippen LogP contribution in [0, 0.1) is 0 Å². The maximum absolute atomic E-state index is 4.97. The smallest absolute Gasteiger partial charge is 0.187 e. The highest BCUT2D eigenvalue weighted by atomic mass is 32.1. The summed E-state index contributed by atoms with van der Waals surface area (Å²) in [4.78, 5) is 8.06. The molecule has 0 aliphatic heterocycles. The molecule has 0 amide bonds. The number of hydrogen-bond donors (Lipinski definition) is 2. The predicted octanol–water partition coefficient (Wildman–Crippen LogP) is 0.851. The fourth-order valence-corrected chi connectivity index (χ4v) is 1.01. The summed E-state index contributed by atoms with van der Waals surface area (Å²) in [6.07, 6.45) is 6.58. The molecule has 1 aromatic rings. The van der Waals surface area contributed by atoms with Crippen molar-refractivity contribution in [2.75, 3.05) is 6.54 Å². The predicted molar refractivity (Wildman–Crippen MR) is 68.2 cm³/mol. The lowest BCUT2D eigenvalue weighted by molar-refractivity contribution is 0.934. The molecule has 1 aromatic heterocycles. The van der Waals surface area contributed by atoms with E-state index in [1.165, 1.54) is 0 Å². The van der Waals surface area contributed by atoms with Gasteiger partial charge in [-0.3, -0.25) is 15.4 Å². The summed E-state index contributed by atoms with van der Waals surface area (Å²) in [6, 6.07) is 0. The third kappa shape index (κ3) is 4.14. The zero-order valence-electron chi connectivity index (χ0n) is 8.97. The van der Waals surface area contributed by atoms with Crippen LogP contribution in [0.5, 0.6) is 0 Å². The number of hydrazone groups is 1. The SMILES string of the molecule is C=CCNC(=S)N/N=C(\C)c1cnccn1. The van der Waals surface area contributed by atoms with E-state index in [0.717, 1.165) is 5.71 Å². The number of hydrogen-bond acceptors (Lipinski definition) is 4. The Hall–Kier alpha value is -1.82. The van der Waals surface area contributed by atoms with Crippen LogP contribution < -0.4 is 10.7 Å². The van der Waals surface area contributed by atoms with Gasteiger partial charge < -0.3 is 5.32 Å². The van der Waals surface area contributed by atoms with Crippen LogP contribution in [0.15, 0.2) is 36.3 Å². The van der Waals surface area contributed by atoms with Crippen molar-refractivity contribution in [3.63, 3.8) is 0 Å². The van der Waals surface area contributed by atoms with Crippen LogP contribution in [0.1, 0.15) is 12.6 Å². The number of nitrogens with zero attached hydrogens (tertiary/aromatic N) is 3. The highest BCUT2D eigenvalue weighted by Crippen LogP contribution is 1.92. The number of aromatic nitrogens is 2. The van der Waals surface area contributed by atoms with Crippen LogP contribution in [0.3, 0.4) is 0 Å². The molecule has 0 fully saturated rings. The van der Waals surface area contributed by atoms with Gasteiger partial charge in [-0.15, -0.1) is 6.58 Å². The average Bonchev–Trinajstić information content (AvgIpc) is 2.34. The average molecular weight is 235 g/mol. The first-order chi connectivity index (χ1) is 7.74. The van der Waals surface area contributed by atoms with Crippen molar-refractivity contribution in [3.05, 3.63) is 36.9 Å². The van der Waals surface area contributed by atoms with E-state index in [4.69, 9.17) is 12.2 Å². The monoisotopic (exact) mass is 235 g/mol. The number of rotatable bonds is 4.